The zero-order valence-electron chi connectivity index (χ0n) is 12.9. The maximum atomic E-state index is 13.9. The van der Waals surface area contributed by atoms with E-state index in [-0.39, 0.29) is 17.9 Å². The number of anilines is 1. The molecule has 0 radical (unpaired) electrons. The molecule has 1 unspecified atom stereocenters. The van der Waals surface area contributed by atoms with E-state index in [1.807, 2.05) is 0 Å². The van der Waals surface area contributed by atoms with E-state index in [1.165, 1.54) is 6.07 Å². The van der Waals surface area contributed by atoms with Gasteiger partial charge in [0.25, 0.3) is 0 Å². The monoisotopic (exact) mass is 339 g/mol. The molecule has 0 fully saturated rings. The number of benzene rings is 1. The summed E-state index contributed by atoms with van der Waals surface area (Å²) in [5.41, 5.74) is -0.257. The molecule has 0 aliphatic heterocycles. The van der Waals surface area contributed by atoms with Gasteiger partial charge in [-0.25, -0.2) is 13.6 Å². The molecule has 128 valence electrons. The lowest BCUT2D eigenvalue weighted by Gasteiger charge is -2.17. The first-order valence-electron chi connectivity index (χ1n) is 6.90. The Morgan fingerprint density at radius 3 is 2.71 bits per heavy atom. The van der Waals surface area contributed by atoms with E-state index in [2.05, 4.69) is 20.5 Å². The van der Waals surface area contributed by atoms with Gasteiger partial charge in [0.2, 0.25) is 5.91 Å². The lowest BCUT2D eigenvalue weighted by molar-refractivity contribution is -0.143. The summed E-state index contributed by atoms with van der Waals surface area (Å²) in [6.45, 7) is 1.29. The standard InChI is InChI=1S/C15H15F2N3O4/c1-8-5-12(20-24-8)19-13(21)7-18-14(15(22)23-2)10-6-9(16)3-4-11(10)17/h3-6,14,18H,7H2,1-2H3,(H,19,20,21). The molecule has 1 aromatic heterocycles. The van der Waals surface area contributed by atoms with E-state index in [1.54, 1.807) is 6.92 Å². The SMILES string of the molecule is COC(=O)C(NCC(=O)Nc1cc(C)on1)c1cc(F)ccc1F. The Bertz CT molecular complexity index is 748. The van der Waals surface area contributed by atoms with E-state index in [0.717, 1.165) is 25.3 Å². The van der Waals surface area contributed by atoms with Gasteiger partial charge in [-0.1, -0.05) is 5.16 Å². The van der Waals surface area contributed by atoms with Crippen LogP contribution in [0.2, 0.25) is 0 Å². The quantitative estimate of drug-likeness (QED) is 0.778. The van der Waals surface area contributed by atoms with Crippen molar-refractivity contribution in [1.29, 1.82) is 0 Å². The highest BCUT2D eigenvalue weighted by Crippen LogP contribution is 2.19. The van der Waals surface area contributed by atoms with Crippen molar-refractivity contribution in [3.05, 3.63) is 47.2 Å². The molecule has 0 saturated carbocycles. The molecule has 2 aromatic rings. The number of carbonyl (C=O) groups excluding carboxylic acids is 2. The molecule has 0 aliphatic rings. The summed E-state index contributed by atoms with van der Waals surface area (Å²) in [5.74, 6) is -2.21. The highest BCUT2D eigenvalue weighted by molar-refractivity contribution is 5.91. The topological polar surface area (TPSA) is 93.5 Å². The summed E-state index contributed by atoms with van der Waals surface area (Å²) < 4.78 is 36.5. The fourth-order valence-electron chi connectivity index (χ4n) is 1.98. The minimum atomic E-state index is -1.34. The van der Waals surface area contributed by atoms with Gasteiger partial charge in [0.15, 0.2) is 5.82 Å². The summed E-state index contributed by atoms with van der Waals surface area (Å²) in [6.07, 6.45) is 0. The third-order valence-corrected chi connectivity index (χ3v) is 3.07. The minimum Gasteiger partial charge on any atom is -0.468 e. The predicted octanol–water partition coefficient (Wildman–Crippen LogP) is 1.70. The molecular weight excluding hydrogens is 324 g/mol. The third-order valence-electron chi connectivity index (χ3n) is 3.07. The number of methoxy groups -OCH3 is 1. The van der Waals surface area contributed by atoms with Crippen LogP contribution in [0.4, 0.5) is 14.6 Å². The lowest BCUT2D eigenvalue weighted by atomic mass is 10.1. The molecule has 2 rings (SSSR count). The Balaban J connectivity index is 2.08. The number of rotatable bonds is 6. The Labute approximate surface area is 136 Å². The van der Waals surface area contributed by atoms with Crippen molar-refractivity contribution in [1.82, 2.24) is 10.5 Å². The Morgan fingerprint density at radius 1 is 1.33 bits per heavy atom. The van der Waals surface area contributed by atoms with E-state index in [9.17, 15) is 18.4 Å². The Hall–Kier alpha value is -2.81. The highest BCUT2D eigenvalue weighted by atomic mass is 19.1. The molecule has 0 bridgehead atoms. The average molecular weight is 339 g/mol. The van der Waals surface area contributed by atoms with Gasteiger partial charge in [0.1, 0.15) is 23.4 Å². The van der Waals surface area contributed by atoms with Crippen LogP contribution in [-0.4, -0.2) is 30.7 Å². The molecule has 1 amide bonds. The van der Waals surface area contributed by atoms with Crippen molar-refractivity contribution in [2.45, 2.75) is 13.0 Å². The predicted molar refractivity (Wildman–Crippen MR) is 79.0 cm³/mol. The van der Waals surface area contributed by atoms with Gasteiger partial charge in [0, 0.05) is 11.6 Å². The average Bonchev–Trinajstić information content (AvgIpc) is 2.95. The van der Waals surface area contributed by atoms with Crippen LogP contribution in [0, 0.1) is 18.6 Å². The van der Waals surface area contributed by atoms with Crippen molar-refractivity contribution >= 4 is 17.7 Å². The second kappa shape index (κ2) is 7.64. The zero-order valence-corrected chi connectivity index (χ0v) is 12.9. The molecule has 0 saturated heterocycles. The van der Waals surface area contributed by atoms with Crippen LogP contribution in [-0.2, 0) is 14.3 Å². The van der Waals surface area contributed by atoms with Gasteiger partial charge >= 0.3 is 5.97 Å². The van der Waals surface area contributed by atoms with E-state index >= 15 is 0 Å². The molecule has 1 aromatic carbocycles. The summed E-state index contributed by atoms with van der Waals surface area (Å²) in [6, 6.07) is 2.84. The largest absolute Gasteiger partial charge is 0.468 e. The first-order chi connectivity index (χ1) is 11.4. The zero-order chi connectivity index (χ0) is 17.7. The maximum Gasteiger partial charge on any atom is 0.327 e. The maximum absolute atomic E-state index is 13.9. The van der Waals surface area contributed by atoms with E-state index in [0.29, 0.717) is 5.76 Å². The summed E-state index contributed by atoms with van der Waals surface area (Å²) in [7, 11) is 1.10. The van der Waals surface area contributed by atoms with Gasteiger partial charge in [0.05, 0.1) is 13.7 Å². The number of amides is 1. The van der Waals surface area contributed by atoms with Crippen molar-refractivity contribution < 1.29 is 27.6 Å². The van der Waals surface area contributed by atoms with Crippen LogP contribution in [0.25, 0.3) is 0 Å². The second-order valence-corrected chi connectivity index (χ2v) is 4.87. The Morgan fingerprint density at radius 2 is 2.08 bits per heavy atom. The summed E-state index contributed by atoms with van der Waals surface area (Å²) in [4.78, 5) is 23.7. The number of aromatic nitrogens is 1. The number of ether oxygens (including phenoxy) is 1. The van der Waals surface area contributed by atoms with Crippen LogP contribution in [0.5, 0.6) is 0 Å². The van der Waals surface area contributed by atoms with E-state index < -0.39 is 29.6 Å². The number of nitrogens with one attached hydrogen (secondary N) is 2. The van der Waals surface area contributed by atoms with Crippen LogP contribution in [0.3, 0.4) is 0 Å². The number of hydrogen-bond acceptors (Lipinski definition) is 6. The van der Waals surface area contributed by atoms with Gasteiger partial charge in [-0.3, -0.25) is 10.1 Å². The number of hydrogen-bond donors (Lipinski definition) is 2. The van der Waals surface area contributed by atoms with Crippen LogP contribution >= 0.6 is 0 Å². The number of carbonyl (C=O) groups is 2. The molecule has 1 heterocycles. The van der Waals surface area contributed by atoms with Crippen molar-refractivity contribution in [2.24, 2.45) is 0 Å². The minimum absolute atomic E-state index is 0.200. The van der Waals surface area contributed by atoms with Crippen LogP contribution < -0.4 is 10.6 Å². The number of halogens is 2. The molecule has 0 aliphatic carbocycles. The summed E-state index contributed by atoms with van der Waals surface area (Å²) in [5, 5.41) is 8.54. The van der Waals surface area contributed by atoms with Crippen molar-refractivity contribution in [3.8, 4) is 0 Å². The number of nitrogens with zero attached hydrogens (tertiary/aromatic N) is 1. The smallest absolute Gasteiger partial charge is 0.327 e. The van der Waals surface area contributed by atoms with Gasteiger partial charge in [-0.2, -0.15) is 0 Å². The molecule has 2 N–H and O–H groups in total. The first kappa shape index (κ1) is 17.5. The van der Waals surface area contributed by atoms with E-state index in [4.69, 9.17) is 4.52 Å². The second-order valence-electron chi connectivity index (χ2n) is 4.87. The fraction of sp³-hybridized carbons (Fsp3) is 0.267. The normalized spacial score (nSPS) is 11.8. The summed E-state index contributed by atoms with van der Waals surface area (Å²) >= 11 is 0. The van der Waals surface area contributed by atoms with Crippen molar-refractivity contribution in [3.63, 3.8) is 0 Å². The molecule has 0 spiro atoms. The fourth-order valence-corrected chi connectivity index (χ4v) is 1.98. The molecular formula is C15H15F2N3O4. The van der Waals surface area contributed by atoms with Gasteiger partial charge < -0.3 is 14.6 Å². The van der Waals surface area contributed by atoms with Gasteiger partial charge in [-0.05, 0) is 25.1 Å². The van der Waals surface area contributed by atoms with Crippen molar-refractivity contribution in [2.75, 3.05) is 19.0 Å². The number of esters is 1. The lowest BCUT2D eigenvalue weighted by Crippen LogP contribution is -2.36. The molecule has 9 heteroatoms. The van der Waals surface area contributed by atoms with Crippen LogP contribution in [0.1, 0.15) is 17.4 Å². The highest BCUT2D eigenvalue weighted by Gasteiger charge is 2.25. The Kier molecular flexibility index (Phi) is 5.59. The third kappa shape index (κ3) is 4.35. The first-order valence-corrected chi connectivity index (χ1v) is 6.90. The molecule has 1 atom stereocenters. The van der Waals surface area contributed by atoms with Crippen LogP contribution in [0.15, 0.2) is 28.8 Å². The number of aryl methyl sites for hydroxylation is 1. The molecule has 7 nitrogen and oxygen atoms in total. The van der Waals surface area contributed by atoms with Gasteiger partial charge in [-0.15, -0.1) is 0 Å². The molecule has 24 heavy (non-hydrogen) atoms.